The van der Waals surface area contributed by atoms with E-state index in [1.165, 1.54) is 0 Å². The normalized spacial score (nSPS) is 21.5. The first-order valence-corrected chi connectivity index (χ1v) is 6.57. The van der Waals surface area contributed by atoms with Crippen molar-refractivity contribution >= 4 is 11.6 Å². The van der Waals surface area contributed by atoms with Crippen LogP contribution in [0.1, 0.15) is 37.8 Å². The van der Waals surface area contributed by atoms with Crippen molar-refractivity contribution in [2.24, 2.45) is 5.10 Å². The molecule has 0 radical (unpaired) electrons. The standard InChI is InChI=1S/C15H17N3O2/c1-3-12-4-6-13(7-5-12)15(20)10-11(2)17-18(15)14(19)8-9-16/h4-7,20H,3,8,10H2,1-2H3/t15-/m0/s1. The number of aliphatic hydroxyl groups is 1. The first kappa shape index (κ1) is 14.2. The van der Waals surface area contributed by atoms with E-state index in [4.69, 9.17) is 5.26 Å². The van der Waals surface area contributed by atoms with Crippen molar-refractivity contribution in [1.29, 1.82) is 5.26 Å². The molecule has 0 aliphatic carbocycles. The van der Waals surface area contributed by atoms with E-state index >= 15 is 0 Å². The molecule has 0 saturated carbocycles. The monoisotopic (exact) mass is 271 g/mol. The summed E-state index contributed by atoms with van der Waals surface area (Å²) in [6.07, 6.45) is 0.868. The summed E-state index contributed by atoms with van der Waals surface area (Å²) in [5.74, 6) is -0.494. The number of nitriles is 1. The average molecular weight is 271 g/mol. The number of carbonyl (C=O) groups excluding carboxylic acids is 1. The summed E-state index contributed by atoms with van der Waals surface area (Å²) < 4.78 is 0. The lowest BCUT2D eigenvalue weighted by Crippen LogP contribution is -2.43. The van der Waals surface area contributed by atoms with Gasteiger partial charge in [-0.05, 0) is 18.9 Å². The van der Waals surface area contributed by atoms with Gasteiger partial charge in [0, 0.05) is 17.7 Å². The number of carbonyl (C=O) groups is 1. The third-order valence-corrected chi connectivity index (χ3v) is 3.41. The van der Waals surface area contributed by atoms with Crippen LogP contribution in [-0.4, -0.2) is 21.7 Å². The molecule has 1 atom stereocenters. The van der Waals surface area contributed by atoms with Crippen LogP contribution in [-0.2, 0) is 16.9 Å². The molecular formula is C15H17N3O2. The van der Waals surface area contributed by atoms with E-state index < -0.39 is 11.6 Å². The van der Waals surface area contributed by atoms with Gasteiger partial charge in [0.25, 0.3) is 5.91 Å². The molecule has 0 spiro atoms. The Hall–Kier alpha value is -2.19. The highest BCUT2D eigenvalue weighted by atomic mass is 16.3. The Morgan fingerprint density at radius 2 is 2.15 bits per heavy atom. The number of hydrogen-bond donors (Lipinski definition) is 1. The second kappa shape index (κ2) is 5.43. The molecule has 20 heavy (non-hydrogen) atoms. The topological polar surface area (TPSA) is 76.7 Å². The van der Waals surface area contributed by atoms with Gasteiger partial charge in [-0.25, -0.2) is 0 Å². The molecule has 5 nitrogen and oxygen atoms in total. The van der Waals surface area contributed by atoms with Crippen LogP contribution in [0, 0.1) is 11.3 Å². The lowest BCUT2D eigenvalue weighted by Gasteiger charge is -2.31. The maximum Gasteiger partial charge on any atom is 0.259 e. The lowest BCUT2D eigenvalue weighted by atomic mass is 9.96. The third kappa shape index (κ3) is 2.43. The molecule has 1 heterocycles. The Kier molecular flexibility index (Phi) is 3.86. The van der Waals surface area contributed by atoms with Gasteiger partial charge in [-0.3, -0.25) is 4.79 Å². The van der Waals surface area contributed by atoms with E-state index in [2.05, 4.69) is 12.0 Å². The Labute approximate surface area is 118 Å². The zero-order valence-electron chi connectivity index (χ0n) is 11.6. The summed E-state index contributed by atoms with van der Waals surface area (Å²) in [4.78, 5) is 11.9. The fourth-order valence-electron chi connectivity index (χ4n) is 2.36. The summed E-state index contributed by atoms with van der Waals surface area (Å²) in [6.45, 7) is 3.81. The number of benzene rings is 1. The first-order valence-electron chi connectivity index (χ1n) is 6.57. The van der Waals surface area contributed by atoms with Crippen molar-refractivity contribution in [3.8, 4) is 6.07 Å². The first-order chi connectivity index (χ1) is 9.51. The average Bonchev–Trinajstić information content (AvgIpc) is 2.75. The largest absolute Gasteiger partial charge is 0.365 e. The van der Waals surface area contributed by atoms with Crippen molar-refractivity contribution < 1.29 is 9.90 Å². The predicted octanol–water partition coefficient (Wildman–Crippen LogP) is 1.92. The van der Waals surface area contributed by atoms with E-state index in [-0.39, 0.29) is 12.8 Å². The fourth-order valence-corrected chi connectivity index (χ4v) is 2.36. The van der Waals surface area contributed by atoms with Crippen molar-refractivity contribution in [1.82, 2.24) is 5.01 Å². The molecule has 5 heteroatoms. The van der Waals surface area contributed by atoms with Crippen LogP contribution < -0.4 is 0 Å². The van der Waals surface area contributed by atoms with Crippen LogP contribution in [0.4, 0.5) is 0 Å². The Bertz CT molecular complexity index is 586. The molecule has 1 aromatic rings. The van der Waals surface area contributed by atoms with E-state index in [0.717, 1.165) is 17.0 Å². The van der Waals surface area contributed by atoms with Gasteiger partial charge in [0.15, 0.2) is 5.72 Å². The molecule has 0 bridgehead atoms. The van der Waals surface area contributed by atoms with E-state index in [9.17, 15) is 9.90 Å². The smallest absolute Gasteiger partial charge is 0.259 e. The molecule has 1 amide bonds. The summed E-state index contributed by atoms with van der Waals surface area (Å²) in [5.41, 5.74) is 0.951. The SMILES string of the molecule is CCc1ccc([C@@]2(O)CC(C)=NN2C(=O)CC#N)cc1. The van der Waals surface area contributed by atoms with Gasteiger partial charge in [-0.2, -0.15) is 15.4 Å². The maximum atomic E-state index is 11.9. The number of aryl methyl sites for hydroxylation is 1. The summed E-state index contributed by atoms with van der Waals surface area (Å²) >= 11 is 0. The number of nitrogens with zero attached hydrogens (tertiary/aromatic N) is 3. The molecule has 0 fully saturated rings. The highest BCUT2D eigenvalue weighted by Crippen LogP contribution is 2.35. The van der Waals surface area contributed by atoms with Gasteiger partial charge >= 0.3 is 0 Å². The van der Waals surface area contributed by atoms with Crippen LogP contribution in [0.5, 0.6) is 0 Å². The molecule has 2 rings (SSSR count). The summed E-state index contributed by atoms with van der Waals surface area (Å²) in [7, 11) is 0. The Balaban J connectivity index is 2.36. The van der Waals surface area contributed by atoms with E-state index in [1.807, 2.05) is 12.1 Å². The molecular weight excluding hydrogens is 254 g/mol. The van der Waals surface area contributed by atoms with E-state index in [1.54, 1.807) is 25.1 Å². The van der Waals surface area contributed by atoms with Crippen LogP contribution in [0.15, 0.2) is 29.4 Å². The van der Waals surface area contributed by atoms with Crippen LogP contribution >= 0.6 is 0 Å². The van der Waals surface area contributed by atoms with Crippen LogP contribution in [0.3, 0.4) is 0 Å². The minimum Gasteiger partial charge on any atom is -0.365 e. The van der Waals surface area contributed by atoms with Crippen molar-refractivity contribution in [2.75, 3.05) is 0 Å². The minimum atomic E-state index is -1.48. The predicted molar refractivity (Wildman–Crippen MR) is 74.5 cm³/mol. The van der Waals surface area contributed by atoms with Crippen molar-refractivity contribution in [2.45, 2.75) is 38.8 Å². The van der Waals surface area contributed by atoms with Gasteiger partial charge in [-0.1, -0.05) is 31.2 Å². The van der Waals surface area contributed by atoms with Crippen LogP contribution in [0.2, 0.25) is 0 Å². The fraction of sp³-hybridized carbons (Fsp3) is 0.400. The van der Waals surface area contributed by atoms with Gasteiger partial charge in [0.1, 0.15) is 6.42 Å². The Morgan fingerprint density at radius 3 is 2.70 bits per heavy atom. The molecule has 1 aliphatic rings. The molecule has 1 aliphatic heterocycles. The van der Waals surface area contributed by atoms with Gasteiger partial charge in [-0.15, -0.1) is 0 Å². The molecule has 104 valence electrons. The quantitative estimate of drug-likeness (QED) is 0.912. The second-order valence-corrected chi connectivity index (χ2v) is 4.92. The molecule has 1 N–H and O–H groups in total. The highest BCUT2D eigenvalue weighted by Gasteiger charge is 2.44. The molecule has 0 saturated heterocycles. The molecule has 0 unspecified atom stereocenters. The third-order valence-electron chi connectivity index (χ3n) is 3.41. The van der Waals surface area contributed by atoms with Crippen LogP contribution in [0.25, 0.3) is 0 Å². The Morgan fingerprint density at radius 1 is 1.50 bits per heavy atom. The second-order valence-electron chi connectivity index (χ2n) is 4.92. The number of hydrazone groups is 1. The van der Waals surface area contributed by atoms with Gasteiger partial charge in [0.2, 0.25) is 0 Å². The van der Waals surface area contributed by atoms with Crippen molar-refractivity contribution in [3.05, 3.63) is 35.4 Å². The number of hydrogen-bond acceptors (Lipinski definition) is 4. The van der Waals surface area contributed by atoms with E-state index in [0.29, 0.717) is 11.3 Å². The number of rotatable bonds is 3. The van der Waals surface area contributed by atoms with Gasteiger partial charge in [0.05, 0.1) is 6.07 Å². The zero-order chi connectivity index (χ0) is 14.8. The molecule has 1 aromatic carbocycles. The molecule has 0 aromatic heterocycles. The zero-order valence-corrected chi connectivity index (χ0v) is 11.6. The number of amides is 1. The summed E-state index contributed by atoms with van der Waals surface area (Å²) in [5, 5.41) is 24.6. The van der Waals surface area contributed by atoms with Crippen molar-refractivity contribution in [3.63, 3.8) is 0 Å². The summed E-state index contributed by atoms with van der Waals surface area (Å²) in [6, 6.07) is 9.25. The lowest BCUT2D eigenvalue weighted by molar-refractivity contribution is -0.156. The maximum absolute atomic E-state index is 11.9. The highest BCUT2D eigenvalue weighted by molar-refractivity contribution is 5.89. The minimum absolute atomic E-state index is 0.260. The van der Waals surface area contributed by atoms with Gasteiger partial charge < -0.3 is 5.11 Å².